The minimum Gasteiger partial charge on any atom is -0.490 e. The summed E-state index contributed by atoms with van der Waals surface area (Å²) in [6, 6.07) is 15.1. The average Bonchev–Trinajstić information content (AvgIpc) is 2.97. The molecule has 1 amide bonds. The third-order valence-electron chi connectivity index (χ3n) is 5.09. The summed E-state index contributed by atoms with van der Waals surface area (Å²) in [7, 11) is 0. The van der Waals surface area contributed by atoms with E-state index in [1.807, 2.05) is 48.5 Å². The first-order chi connectivity index (χ1) is 16.1. The molecular weight excluding hydrogens is 436 g/mol. The third kappa shape index (κ3) is 5.01. The van der Waals surface area contributed by atoms with Crippen LogP contribution in [-0.4, -0.2) is 33.4 Å². The summed E-state index contributed by atoms with van der Waals surface area (Å²) >= 11 is 1.55. The Kier molecular flexibility index (Phi) is 7.24. The number of aromatic nitrogens is 3. The monoisotopic (exact) mass is 462 g/mol. The second-order valence-corrected chi connectivity index (χ2v) is 8.56. The Morgan fingerprint density at radius 2 is 2.09 bits per heavy atom. The van der Waals surface area contributed by atoms with Crippen molar-refractivity contribution in [3.8, 4) is 22.9 Å². The van der Waals surface area contributed by atoms with Crippen molar-refractivity contribution in [1.29, 1.82) is 0 Å². The van der Waals surface area contributed by atoms with Crippen LogP contribution in [0.25, 0.3) is 11.3 Å². The van der Waals surface area contributed by atoms with Crippen LogP contribution in [0, 0.1) is 0 Å². The Morgan fingerprint density at radius 3 is 2.88 bits per heavy atom. The number of unbranched alkanes of at least 4 members (excludes halogenated alkanes) is 1. The van der Waals surface area contributed by atoms with Gasteiger partial charge in [-0.2, -0.15) is 4.98 Å². The molecule has 33 heavy (non-hydrogen) atoms. The molecule has 0 aliphatic carbocycles. The van der Waals surface area contributed by atoms with Crippen molar-refractivity contribution < 1.29 is 14.3 Å². The number of para-hydroxylation sites is 1. The molecule has 1 aliphatic rings. The first-order valence-electron chi connectivity index (χ1n) is 10.9. The minimum absolute atomic E-state index is 0.164. The normalized spacial score (nSPS) is 14.5. The van der Waals surface area contributed by atoms with E-state index < -0.39 is 6.23 Å². The Morgan fingerprint density at radius 1 is 1.24 bits per heavy atom. The van der Waals surface area contributed by atoms with Crippen molar-refractivity contribution in [2.24, 2.45) is 0 Å². The third-order valence-corrected chi connectivity index (χ3v) is 6.02. The van der Waals surface area contributed by atoms with Crippen LogP contribution in [0.4, 0.5) is 5.69 Å². The molecule has 1 aromatic heterocycles. The van der Waals surface area contributed by atoms with Crippen LogP contribution in [0.15, 0.2) is 66.3 Å². The van der Waals surface area contributed by atoms with Crippen LogP contribution >= 0.6 is 11.8 Å². The van der Waals surface area contributed by atoms with Crippen molar-refractivity contribution in [3.63, 3.8) is 0 Å². The SMILES string of the molecule is C=CCOc1cccc([C@@H]2Oc3nc(SCCCC)nnc3-c3ccccc3N2C(C)=O)c1. The highest BCUT2D eigenvalue weighted by Gasteiger charge is 2.34. The summed E-state index contributed by atoms with van der Waals surface area (Å²) in [5.74, 6) is 1.75. The molecular formula is C25H26N4O3S. The lowest BCUT2D eigenvalue weighted by Crippen LogP contribution is -2.36. The second-order valence-electron chi connectivity index (χ2n) is 7.50. The van der Waals surface area contributed by atoms with Gasteiger partial charge in [-0.15, -0.1) is 10.2 Å². The van der Waals surface area contributed by atoms with E-state index in [0.29, 0.717) is 34.8 Å². The predicted molar refractivity (Wildman–Crippen MR) is 130 cm³/mol. The number of nitrogens with zero attached hydrogens (tertiary/aromatic N) is 4. The summed E-state index contributed by atoms with van der Waals surface area (Å²) in [6.45, 7) is 7.74. The number of anilines is 1. The van der Waals surface area contributed by atoms with Gasteiger partial charge >= 0.3 is 0 Å². The van der Waals surface area contributed by atoms with Crippen LogP contribution in [0.1, 0.15) is 38.5 Å². The van der Waals surface area contributed by atoms with E-state index in [1.54, 1.807) is 22.7 Å². The molecule has 8 heteroatoms. The second kappa shape index (κ2) is 10.5. The molecule has 3 aromatic rings. The number of hydrogen-bond donors (Lipinski definition) is 0. The molecule has 4 rings (SSSR count). The first kappa shape index (κ1) is 22.8. The highest BCUT2D eigenvalue weighted by molar-refractivity contribution is 7.99. The van der Waals surface area contributed by atoms with E-state index in [2.05, 4.69) is 28.7 Å². The summed E-state index contributed by atoms with van der Waals surface area (Å²) in [5, 5.41) is 9.31. The molecule has 1 aliphatic heterocycles. The Bertz CT molecular complexity index is 1150. The van der Waals surface area contributed by atoms with Crippen LogP contribution in [0.5, 0.6) is 11.6 Å². The number of carbonyl (C=O) groups excluding carboxylic acids is 1. The number of amides is 1. The zero-order valence-corrected chi connectivity index (χ0v) is 19.5. The number of rotatable bonds is 8. The molecule has 2 aromatic carbocycles. The average molecular weight is 463 g/mol. The number of thioether (sulfide) groups is 1. The lowest BCUT2D eigenvalue weighted by molar-refractivity contribution is -0.118. The largest absolute Gasteiger partial charge is 0.490 e. The maximum absolute atomic E-state index is 12.9. The van der Waals surface area contributed by atoms with Gasteiger partial charge in [-0.05, 0) is 24.6 Å². The van der Waals surface area contributed by atoms with Crippen molar-refractivity contribution in [2.75, 3.05) is 17.3 Å². The van der Waals surface area contributed by atoms with Crippen LogP contribution in [0.3, 0.4) is 0 Å². The fraction of sp³-hybridized carbons (Fsp3) is 0.280. The van der Waals surface area contributed by atoms with Crippen LogP contribution in [0.2, 0.25) is 0 Å². The number of ether oxygens (including phenoxy) is 2. The zero-order chi connectivity index (χ0) is 23.2. The van der Waals surface area contributed by atoms with Gasteiger partial charge < -0.3 is 9.47 Å². The van der Waals surface area contributed by atoms with Gasteiger partial charge in [0.1, 0.15) is 12.4 Å². The van der Waals surface area contributed by atoms with Crippen LogP contribution in [-0.2, 0) is 4.79 Å². The van der Waals surface area contributed by atoms with E-state index in [-0.39, 0.29) is 5.91 Å². The van der Waals surface area contributed by atoms with Crippen molar-refractivity contribution in [3.05, 3.63) is 66.7 Å². The fourth-order valence-corrected chi connectivity index (χ4v) is 4.41. The molecule has 0 unspecified atom stereocenters. The van der Waals surface area contributed by atoms with Crippen molar-refractivity contribution in [1.82, 2.24) is 15.2 Å². The van der Waals surface area contributed by atoms with E-state index in [9.17, 15) is 4.79 Å². The molecule has 0 radical (unpaired) electrons. The maximum Gasteiger partial charge on any atom is 0.247 e. The smallest absolute Gasteiger partial charge is 0.247 e. The van der Waals surface area contributed by atoms with Crippen LogP contribution < -0.4 is 14.4 Å². The molecule has 2 heterocycles. The van der Waals surface area contributed by atoms with Crippen molar-refractivity contribution in [2.45, 2.75) is 38.1 Å². The van der Waals surface area contributed by atoms with Gasteiger partial charge in [0.25, 0.3) is 0 Å². The highest BCUT2D eigenvalue weighted by atomic mass is 32.2. The lowest BCUT2D eigenvalue weighted by atomic mass is 10.1. The van der Waals surface area contributed by atoms with Gasteiger partial charge in [0, 0.05) is 23.8 Å². The predicted octanol–water partition coefficient (Wildman–Crippen LogP) is 5.44. The molecule has 0 N–H and O–H groups in total. The summed E-state index contributed by atoms with van der Waals surface area (Å²) in [6.07, 6.45) is 3.09. The summed E-state index contributed by atoms with van der Waals surface area (Å²) < 4.78 is 12.1. The molecule has 0 bridgehead atoms. The zero-order valence-electron chi connectivity index (χ0n) is 18.7. The molecule has 0 saturated carbocycles. The van der Waals surface area contributed by atoms with E-state index >= 15 is 0 Å². The topological polar surface area (TPSA) is 77.4 Å². The van der Waals surface area contributed by atoms with Gasteiger partial charge in [-0.25, -0.2) is 0 Å². The molecule has 7 nitrogen and oxygen atoms in total. The van der Waals surface area contributed by atoms with Crippen molar-refractivity contribution >= 4 is 23.4 Å². The van der Waals surface area contributed by atoms with Gasteiger partial charge in [0.05, 0.1) is 5.69 Å². The molecule has 0 saturated heterocycles. The van der Waals surface area contributed by atoms with Gasteiger partial charge in [0.2, 0.25) is 23.2 Å². The Labute approximate surface area is 197 Å². The Balaban J connectivity index is 1.82. The van der Waals surface area contributed by atoms with E-state index in [4.69, 9.17) is 9.47 Å². The molecule has 1 atom stereocenters. The number of hydrogen-bond acceptors (Lipinski definition) is 7. The molecule has 0 spiro atoms. The maximum atomic E-state index is 12.9. The number of benzene rings is 2. The quantitative estimate of drug-likeness (QED) is 0.251. The van der Waals surface area contributed by atoms with Gasteiger partial charge in [-0.3, -0.25) is 9.69 Å². The molecule has 170 valence electrons. The summed E-state index contributed by atoms with van der Waals surface area (Å²) in [5.41, 5.74) is 2.70. The fourth-order valence-electron chi connectivity index (χ4n) is 3.55. The highest BCUT2D eigenvalue weighted by Crippen LogP contribution is 2.43. The summed E-state index contributed by atoms with van der Waals surface area (Å²) in [4.78, 5) is 19.2. The van der Waals surface area contributed by atoms with Gasteiger partial charge in [0.15, 0.2) is 5.69 Å². The number of fused-ring (bicyclic) bond motifs is 3. The first-order valence-corrected chi connectivity index (χ1v) is 11.9. The number of carbonyl (C=O) groups is 1. The minimum atomic E-state index is -0.748. The standard InChI is InChI=1S/C25H26N4O3S/c1-4-6-15-33-25-26-23-22(27-28-25)20-12-7-8-13-21(20)29(17(3)30)24(32-23)18-10-9-11-19(16-18)31-14-5-2/h5,7-13,16,24H,2,4,6,14-15H2,1,3H3/t24-/m0/s1. The molecule has 0 fully saturated rings. The van der Waals surface area contributed by atoms with E-state index in [1.165, 1.54) is 6.92 Å². The lowest BCUT2D eigenvalue weighted by Gasteiger charge is -2.30. The van der Waals surface area contributed by atoms with E-state index in [0.717, 1.165) is 29.7 Å². The van der Waals surface area contributed by atoms with Gasteiger partial charge in [-0.1, -0.05) is 68.1 Å². The Hall–Kier alpha value is -3.39.